The van der Waals surface area contributed by atoms with Crippen LogP contribution in [-0.4, -0.2) is 10.6 Å². The molecule has 0 radical (unpaired) electrons. The highest BCUT2D eigenvalue weighted by molar-refractivity contribution is 8.00. The van der Waals surface area contributed by atoms with E-state index in [-0.39, 0.29) is 22.4 Å². The molecule has 2 aromatic carbocycles. The Morgan fingerprint density at radius 3 is 1.70 bits per heavy atom. The van der Waals surface area contributed by atoms with E-state index in [1.54, 1.807) is 12.1 Å². The second-order valence-electron chi connectivity index (χ2n) is 3.76. The zero-order valence-corrected chi connectivity index (χ0v) is 10.8. The van der Waals surface area contributed by atoms with E-state index in [0.717, 1.165) is 0 Å². The van der Waals surface area contributed by atoms with Crippen LogP contribution < -0.4 is 0 Å². The van der Waals surface area contributed by atoms with Gasteiger partial charge in [0.05, 0.1) is 11.4 Å². The number of hydrogen-bond acceptors (Lipinski definition) is 4. The number of aromatic hydroxyl groups is 1. The Bertz CT molecular complexity index is 595. The number of halogens is 3. The second-order valence-corrected chi connectivity index (χ2v) is 4.90. The molecule has 0 amide bonds. The molecule has 0 aliphatic rings. The largest absolute Gasteiger partial charge is 0.508 e. The van der Waals surface area contributed by atoms with Crippen molar-refractivity contribution in [3.8, 4) is 5.75 Å². The van der Waals surface area contributed by atoms with Crippen LogP contribution in [-0.2, 0) is 0 Å². The third kappa shape index (κ3) is 4.58. The molecule has 0 aromatic heterocycles. The average Bonchev–Trinajstić information content (AvgIpc) is 2.38. The van der Waals surface area contributed by atoms with Crippen LogP contribution in [0.1, 0.15) is 0 Å². The van der Waals surface area contributed by atoms with Crippen LogP contribution >= 0.6 is 11.8 Å². The zero-order chi connectivity index (χ0) is 14.6. The van der Waals surface area contributed by atoms with Gasteiger partial charge in [0.25, 0.3) is 0 Å². The van der Waals surface area contributed by atoms with Crippen LogP contribution in [0.4, 0.5) is 24.5 Å². The van der Waals surface area contributed by atoms with Crippen LogP contribution in [0.5, 0.6) is 5.75 Å². The molecule has 7 heteroatoms. The highest BCUT2D eigenvalue weighted by Gasteiger charge is 2.28. The van der Waals surface area contributed by atoms with Crippen LogP contribution in [0.15, 0.2) is 63.7 Å². The topological polar surface area (TPSA) is 45.0 Å². The monoisotopic (exact) mass is 298 g/mol. The van der Waals surface area contributed by atoms with Gasteiger partial charge in [-0.3, -0.25) is 0 Å². The SMILES string of the molecule is Oc1ccc(N=Nc2ccc(SC(F)(F)F)cc2)cc1. The minimum absolute atomic E-state index is 0.0982. The van der Waals surface area contributed by atoms with Gasteiger partial charge in [-0.2, -0.15) is 23.4 Å². The lowest BCUT2D eigenvalue weighted by Gasteiger charge is -2.04. The van der Waals surface area contributed by atoms with Crippen molar-refractivity contribution in [3.63, 3.8) is 0 Å². The molecule has 0 atom stereocenters. The molecule has 0 fully saturated rings. The van der Waals surface area contributed by atoms with E-state index >= 15 is 0 Å². The molecule has 0 saturated carbocycles. The number of phenolic OH excluding ortho intramolecular Hbond substituents is 1. The van der Waals surface area contributed by atoms with Crippen LogP contribution in [0, 0.1) is 0 Å². The molecule has 3 nitrogen and oxygen atoms in total. The van der Waals surface area contributed by atoms with Gasteiger partial charge < -0.3 is 5.11 Å². The van der Waals surface area contributed by atoms with Gasteiger partial charge in [-0.25, -0.2) is 0 Å². The molecule has 20 heavy (non-hydrogen) atoms. The minimum Gasteiger partial charge on any atom is -0.508 e. The maximum absolute atomic E-state index is 12.1. The van der Waals surface area contributed by atoms with Gasteiger partial charge >= 0.3 is 5.51 Å². The van der Waals surface area contributed by atoms with Gasteiger partial charge in [0, 0.05) is 4.90 Å². The summed E-state index contributed by atoms with van der Waals surface area (Å²) in [4.78, 5) is 0.0982. The van der Waals surface area contributed by atoms with Crippen LogP contribution in [0.3, 0.4) is 0 Å². The summed E-state index contributed by atoms with van der Waals surface area (Å²) in [6.07, 6.45) is 0. The Kier molecular flexibility index (Phi) is 4.29. The van der Waals surface area contributed by atoms with E-state index in [0.29, 0.717) is 11.4 Å². The van der Waals surface area contributed by atoms with Gasteiger partial charge in [0.1, 0.15) is 5.75 Å². The van der Waals surface area contributed by atoms with E-state index < -0.39 is 5.51 Å². The van der Waals surface area contributed by atoms with Crippen molar-refractivity contribution in [2.75, 3.05) is 0 Å². The van der Waals surface area contributed by atoms with Crippen LogP contribution in [0.2, 0.25) is 0 Å². The molecule has 0 aliphatic carbocycles. The Morgan fingerprint density at radius 2 is 1.25 bits per heavy atom. The van der Waals surface area contributed by atoms with E-state index in [1.807, 2.05) is 0 Å². The summed E-state index contributed by atoms with van der Waals surface area (Å²) in [5.74, 6) is 0.123. The standard InChI is InChI=1S/C13H9F3N2OS/c14-13(15,16)20-12-7-3-10(4-8-12)18-17-9-1-5-11(19)6-2-9/h1-8,19H. The molecular weight excluding hydrogens is 289 g/mol. The molecule has 1 N–H and O–H groups in total. The molecule has 0 aliphatic heterocycles. The first kappa shape index (κ1) is 14.4. The lowest BCUT2D eigenvalue weighted by Crippen LogP contribution is -1.98. The summed E-state index contributed by atoms with van der Waals surface area (Å²) in [5, 5.41) is 16.9. The van der Waals surface area contributed by atoms with Gasteiger partial charge in [0.2, 0.25) is 0 Å². The summed E-state index contributed by atoms with van der Waals surface area (Å²) in [6, 6.07) is 11.7. The molecular formula is C13H9F3N2OS. The van der Waals surface area contributed by atoms with E-state index in [4.69, 9.17) is 5.11 Å². The molecule has 2 rings (SSSR count). The average molecular weight is 298 g/mol. The van der Waals surface area contributed by atoms with E-state index in [1.165, 1.54) is 36.4 Å². The summed E-state index contributed by atoms with van der Waals surface area (Å²) >= 11 is -0.175. The van der Waals surface area contributed by atoms with Gasteiger partial charge in [-0.1, -0.05) is 0 Å². The van der Waals surface area contributed by atoms with Crippen molar-refractivity contribution in [1.82, 2.24) is 0 Å². The minimum atomic E-state index is -4.30. The number of benzene rings is 2. The maximum atomic E-state index is 12.1. The number of rotatable bonds is 3. The summed E-state index contributed by atoms with van der Waals surface area (Å²) in [7, 11) is 0. The fraction of sp³-hybridized carbons (Fsp3) is 0.0769. The smallest absolute Gasteiger partial charge is 0.446 e. The third-order valence-electron chi connectivity index (χ3n) is 2.20. The zero-order valence-electron chi connectivity index (χ0n) is 10.0. The first-order valence-corrected chi connectivity index (χ1v) is 6.31. The Labute approximate surface area is 117 Å². The molecule has 104 valence electrons. The van der Waals surface area contributed by atoms with Crippen molar-refractivity contribution in [2.45, 2.75) is 10.4 Å². The van der Waals surface area contributed by atoms with Crippen molar-refractivity contribution in [3.05, 3.63) is 48.5 Å². The fourth-order valence-electron chi connectivity index (χ4n) is 1.35. The van der Waals surface area contributed by atoms with Gasteiger partial charge in [-0.05, 0) is 60.3 Å². The lowest BCUT2D eigenvalue weighted by molar-refractivity contribution is -0.0328. The van der Waals surface area contributed by atoms with Crippen LogP contribution in [0.25, 0.3) is 0 Å². The van der Waals surface area contributed by atoms with E-state index in [2.05, 4.69) is 10.2 Å². The molecule has 0 saturated heterocycles. The molecule has 0 unspecified atom stereocenters. The lowest BCUT2D eigenvalue weighted by atomic mass is 10.3. The quantitative estimate of drug-likeness (QED) is 0.607. The maximum Gasteiger partial charge on any atom is 0.446 e. The number of nitrogens with zero attached hydrogens (tertiary/aromatic N) is 2. The predicted molar refractivity (Wildman–Crippen MR) is 70.6 cm³/mol. The van der Waals surface area contributed by atoms with Gasteiger partial charge in [0.15, 0.2) is 0 Å². The fourth-order valence-corrected chi connectivity index (χ4v) is 1.89. The molecule has 2 aromatic rings. The first-order chi connectivity index (χ1) is 9.42. The molecule has 0 bridgehead atoms. The third-order valence-corrected chi connectivity index (χ3v) is 2.94. The Morgan fingerprint density at radius 1 is 0.800 bits per heavy atom. The van der Waals surface area contributed by atoms with E-state index in [9.17, 15) is 13.2 Å². The summed E-state index contributed by atoms with van der Waals surface area (Å²) < 4.78 is 36.4. The second kappa shape index (κ2) is 5.96. The summed E-state index contributed by atoms with van der Waals surface area (Å²) in [5.41, 5.74) is -3.31. The Hall–Kier alpha value is -2.02. The van der Waals surface area contributed by atoms with Crippen molar-refractivity contribution in [1.29, 1.82) is 0 Å². The first-order valence-electron chi connectivity index (χ1n) is 5.49. The number of phenols is 1. The number of azo groups is 1. The number of thioether (sulfide) groups is 1. The predicted octanol–water partition coefficient (Wildman–Crippen LogP) is 5.42. The molecule has 0 heterocycles. The summed E-state index contributed by atoms with van der Waals surface area (Å²) in [6.45, 7) is 0. The Balaban J connectivity index is 2.05. The van der Waals surface area contributed by atoms with Crippen molar-refractivity contribution < 1.29 is 18.3 Å². The number of alkyl halides is 3. The number of hydrogen-bond donors (Lipinski definition) is 1. The normalized spacial score (nSPS) is 11.9. The van der Waals surface area contributed by atoms with Crippen molar-refractivity contribution >= 4 is 23.1 Å². The van der Waals surface area contributed by atoms with Crippen molar-refractivity contribution in [2.24, 2.45) is 10.2 Å². The highest BCUT2D eigenvalue weighted by atomic mass is 32.2. The highest BCUT2D eigenvalue weighted by Crippen LogP contribution is 2.37. The van der Waals surface area contributed by atoms with Gasteiger partial charge in [-0.15, -0.1) is 0 Å². The molecule has 0 spiro atoms.